The molecule has 2 aromatic carbocycles. The van der Waals surface area contributed by atoms with Crippen LogP contribution in [0.5, 0.6) is 0 Å². The van der Waals surface area contributed by atoms with Crippen LogP contribution in [0.1, 0.15) is 31.2 Å². The molecule has 1 heterocycles. The van der Waals surface area contributed by atoms with E-state index in [1.54, 1.807) is 13.1 Å². The second kappa shape index (κ2) is 10.9. The third-order valence-corrected chi connectivity index (χ3v) is 6.17. The average molecular weight is 518 g/mol. The maximum atomic E-state index is 12.5. The van der Waals surface area contributed by atoms with Gasteiger partial charge in [0.05, 0.1) is 17.1 Å². The van der Waals surface area contributed by atoms with Crippen molar-refractivity contribution in [2.24, 2.45) is 12.8 Å². The lowest BCUT2D eigenvalue weighted by Gasteiger charge is -2.24. The lowest BCUT2D eigenvalue weighted by atomic mass is 9.96. The first kappa shape index (κ1) is 27.5. The number of hydrogen-bond acceptors (Lipinski definition) is 6. The molecular formula is C25H25F3N4O5. The number of amides is 1. The van der Waals surface area contributed by atoms with E-state index in [0.717, 1.165) is 35.0 Å². The Bertz CT molecular complexity index is 1380. The number of hydrogen-bond donors (Lipinski definition) is 3. The highest BCUT2D eigenvalue weighted by atomic mass is 19.4. The average Bonchev–Trinajstić information content (AvgIpc) is 3.42. The summed E-state index contributed by atoms with van der Waals surface area (Å²) < 4.78 is 38.4. The van der Waals surface area contributed by atoms with Crippen molar-refractivity contribution in [3.05, 3.63) is 58.6 Å². The van der Waals surface area contributed by atoms with Gasteiger partial charge in [-0.2, -0.15) is 18.4 Å². The van der Waals surface area contributed by atoms with Crippen LogP contribution in [0, 0.1) is 11.3 Å². The van der Waals surface area contributed by atoms with Crippen molar-refractivity contribution in [3.63, 3.8) is 0 Å². The summed E-state index contributed by atoms with van der Waals surface area (Å²) in [6, 6.07) is 15.0. The zero-order valence-electron chi connectivity index (χ0n) is 19.8. The molecular weight excluding hydrogens is 493 g/mol. The number of nitrogens with two attached hydrogens (primary N) is 1. The van der Waals surface area contributed by atoms with Gasteiger partial charge in [0.2, 0.25) is 5.91 Å². The van der Waals surface area contributed by atoms with E-state index < -0.39 is 23.7 Å². The summed E-state index contributed by atoms with van der Waals surface area (Å²) in [6.45, 7) is 0. The zero-order valence-corrected chi connectivity index (χ0v) is 19.8. The number of rotatable bonds is 5. The number of alkyl halides is 3. The molecule has 1 aliphatic rings. The highest BCUT2D eigenvalue weighted by molar-refractivity contribution is 5.87. The Balaban J connectivity index is 0.000000479. The SMILES string of the molecule is Cn1c(=O)oc2ccc(-c3ccc(C[C@@H](C#N)NC(=O)C4(N)CCCC4)cc3)cc21.O=C(O)C(F)(F)F. The summed E-state index contributed by atoms with van der Waals surface area (Å²) in [5.74, 6) is -3.38. The molecule has 1 aromatic heterocycles. The smallest absolute Gasteiger partial charge is 0.475 e. The Hall–Kier alpha value is -4.11. The molecule has 1 saturated carbocycles. The number of nitrogens with one attached hydrogen (secondary N) is 1. The number of aliphatic carboxylic acids is 1. The Kier molecular flexibility index (Phi) is 8.08. The summed E-state index contributed by atoms with van der Waals surface area (Å²) >= 11 is 0. The van der Waals surface area contributed by atoms with E-state index in [1.807, 2.05) is 36.4 Å². The third kappa shape index (κ3) is 6.56. The maximum Gasteiger partial charge on any atom is 0.490 e. The lowest BCUT2D eigenvalue weighted by Crippen LogP contribution is -2.54. The Morgan fingerprint density at radius 3 is 2.30 bits per heavy atom. The van der Waals surface area contributed by atoms with Gasteiger partial charge in [0.1, 0.15) is 6.04 Å². The quantitative estimate of drug-likeness (QED) is 0.469. The van der Waals surface area contributed by atoms with Gasteiger partial charge >= 0.3 is 17.9 Å². The number of nitrogens with zero attached hydrogens (tertiary/aromatic N) is 2. The van der Waals surface area contributed by atoms with E-state index in [-0.39, 0.29) is 11.7 Å². The fraction of sp³-hybridized carbons (Fsp3) is 0.360. The lowest BCUT2D eigenvalue weighted by molar-refractivity contribution is -0.192. The van der Waals surface area contributed by atoms with Gasteiger partial charge < -0.3 is 20.6 Å². The van der Waals surface area contributed by atoms with Gasteiger partial charge in [-0.1, -0.05) is 43.2 Å². The van der Waals surface area contributed by atoms with Gasteiger partial charge in [0.15, 0.2) is 5.58 Å². The number of carbonyl (C=O) groups excluding carboxylic acids is 1. The number of aryl methyl sites for hydroxylation is 1. The van der Waals surface area contributed by atoms with Crippen molar-refractivity contribution in [3.8, 4) is 17.2 Å². The molecule has 0 bridgehead atoms. The second-order valence-electron chi connectivity index (χ2n) is 8.83. The highest BCUT2D eigenvalue weighted by Crippen LogP contribution is 2.28. The molecule has 4 rings (SSSR count). The van der Waals surface area contributed by atoms with Gasteiger partial charge in [-0.15, -0.1) is 0 Å². The van der Waals surface area contributed by atoms with Crippen LogP contribution in [-0.2, 0) is 23.1 Å². The van der Waals surface area contributed by atoms with E-state index >= 15 is 0 Å². The van der Waals surface area contributed by atoms with Gasteiger partial charge in [0.25, 0.3) is 0 Å². The van der Waals surface area contributed by atoms with Gasteiger partial charge in [-0.3, -0.25) is 9.36 Å². The van der Waals surface area contributed by atoms with Crippen LogP contribution in [0.25, 0.3) is 22.2 Å². The van der Waals surface area contributed by atoms with Gasteiger partial charge in [-0.05, 0) is 41.7 Å². The van der Waals surface area contributed by atoms with Gasteiger partial charge in [-0.25, -0.2) is 9.59 Å². The molecule has 1 fully saturated rings. The third-order valence-electron chi connectivity index (χ3n) is 6.17. The van der Waals surface area contributed by atoms with E-state index in [9.17, 15) is 28.0 Å². The molecule has 1 aliphatic carbocycles. The van der Waals surface area contributed by atoms with Crippen molar-refractivity contribution in [2.75, 3.05) is 0 Å². The zero-order chi connectivity index (χ0) is 27.4. The minimum Gasteiger partial charge on any atom is -0.475 e. The monoisotopic (exact) mass is 518 g/mol. The van der Waals surface area contributed by atoms with Crippen molar-refractivity contribution in [1.82, 2.24) is 9.88 Å². The minimum absolute atomic E-state index is 0.234. The van der Waals surface area contributed by atoms with Crippen LogP contribution >= 0.6 is 0 Å². The van der Waals surface area contributed by atoms with Crippen LogP contribution in [0.2, 0.25) is 0 Å². The van der Waals surface area contributed by atoms with Crippen molar-refractivity contribution < 1.29 is 32.3 Å². The molecule has 0 unspecified atom stereocenters. The second-order valence-corrected chi connectivity index (χ2v) is 8.83. The summed E-state index contributed by atoms with van der Waals surface area (Å²) in [7, 11) is 1.68. The topological polar surface area (TPSA) is 151 Å². The van der Waals surface area contributed by atoms with E-state index in [1.165, 1.54) is 4.57 Å². The first-order valence-corrected chi connectivity index (χ1v) is 11.3. The molecule has 12 heteroatoms. The number of benzene rings is 2. The molecule has 196 valence electrons. The van der Waals surface area contributed by atoms with E-state index in [0.29, 0.717) is 24.8 Å². The Morgan fingerprint density at radius 1 is 1.19 bits per heavy atom. The van der Waals surface area contributed by atoms with E-state index in [2.05, 4.69) is 11.4 Å². The van der Waals surface area contributed by atoms with Crippen LogP contribution in [0.4, 0.5) is 13.2 Å². The predicted molar refractivity (Wildman–Crippen MR) is 127 cm³/mol. The fourth-order valence-electron chi connectivity index (χ4n) is 4.04. The van der Waals surface area contributed by atoms with Crippen molar-refractivity contribution >= 4 is 23.0 Å². The molecule has 37 heavy (non-hydrogen) atoms. The number of oxazole rings is 1. The van der Waals surface area contributed by atoms with Crippen LogP contribution in [0.3, 0.4) is 0 Å². The van der Waals surface area contributed by atoms with Crippen LogP contribution in [-0.4, -0.2) is 39.3 Å². The molecule has 9 nitrogen and oxygen atoms in total. The molecule has 4 N–H and O–H groups in total. The molecule has 3 aromatic rings. The van der Waals surface area contributed by atoms with Crippen LogP contribution < -0.4 is 16.8 Å². The number of carbonyl (C=O) groups is 2. The number of aromatic nitrogens is 1. The highest BCUT2D eigenvalue weighted by Gasteiger charge is 2.38. The minimum atomic E-state index is -5.08. The number of carboxylic acid groups (broad SMARTS) is 1. The number of halogens is 3. The van der Waals surface area contributed by atoms with E-state index in [4.69, 9.17) is 20.1 Å². The van der Waals surface area contributed by atoms with Gasteiger partial charge in [0, 0.05) is 13.5 Å². The van der Waals surface area contributed by atoms with Crippen LogP contribution in [0.15, 0.2) is 51.7 Å². The Labute approximate surface area is 209 Å². The largest absolute Gasteiger partial charge is 0.490 e. The Morgan fingerprint density at radius 2 is 1.76 bits per heavy atom. The molecule has 1 atom stereocenters. The normalized spacial score (nSPS) is 15.4. The summed E-state index contributed by atoms with van der Waals surface area (Å²) in [5.41, 5.74) is 9.52. The number of carboxylic acids is 1. The standard InChI is InChI=1S/C23H24N4O3.C2HF3O2/c1-27-19-13-17(8-9-20(19)30-22(27)29)16-6-4-15(5-7-16)12-18(14-24)26-21(28)23(25)10-2-3-11-23;3-2(4,5)1(6)7/h4-9,13,18H,2-3,10-12,25H2,1H3,(H,26,28);(H,6,7)/t18-;/m0./s1. The molecule has 0 radical (unpaired) electrons. The molecule has 1 amide bonds. The maximum absolute atomic E-state index is 12.5. The molecule has 0 saturated heterocycles. The number of nitriles is 1. The van der Waals surface area contributed by atoms with Crippen molar-refractivity contribution in [2.45, 2.75) is 49.9 Å². The number of fused-ring (bicyclic) bond motifs is 1. The molecule has 0 aliphatic heterocycles. The van der Waals surface area contributed by atoms with Crippen molar-refractivity contribution in [1.29, 1.82) is 5.26 Å². The summed E-state index contributed by atoms with van der Waals surface area (Å²) in [5, 5.41) is 19.4. The summed E-state index contributed by atoms with van der Waals surface area (Å²) in [4.78, 5) is 33.1. The first-order chi connectivity index (χ1) is 17.3. The predicted octanol–water partition coefficient (Wildman–Crippen LogP) is 3.25. The first-order valence-electron chi connectivity index (χ1n) is 11.3. The fourth-order valence-corrected chi connectivity index (χ4v) is 4.04. The summed E-state index contributed by atoms with van der Waals surface area (Å²) in [6.07, 6.45) is -1.45. The molecule has 0 spiro atoms.